The van der Waals surface area contributed by atoms with E-state index in [2.05, 4.69) is 5.32 Å². The Morgan fingerprint density at radius 2 is 2.00 bits per heavy atom. The van der Waals surface area contributed by atoms with Crippen LogP contribution in [-0.2, 0) is 4.79 Å². The Labute approximate surface area is 68.1 Å². The third kappa shape index (κ3) is 2.20. The van der Waals surface area contributed by atoms with Gasteiger partial charge in [0.05, 0.1) is 12.0 Å². The summed E-state index contributed by atoms with van der Waals surface area (Å²) in [5, 5.41) is 2.54. The molecule has 1 heterocycles. The number of hydrogen-bond donors (Lipinski definition) is 1. The van der Waals surface area contributed by atoms with E-state index in [1.54, 1.807) is 0 Å². The Morgan fingerprint density at radius 1 is 1.33 bits per heavy atom. The van der Waals surface area contributed by atoms with Gasteiger partial charge in [0, 0.05) is 6.54 Å². The molecule has 0 bridgehead atoms. The number of nitrogens with one attached hydrogen (secondary N) is 1. The Hall–Kier alpha value is -0.580. The molecule has 5 heteroatoms. The molecule has 0 spiro atoms. The van der Waals surface area contributed by atoms with Crippen LogP contribution in [-0.4, -0.2) is 25.0 Å². The Bertz CT molecular complexity index is 161. The van der Waals surface area contributed by atoms with Crippen molar-refractivity contribution in [3.05, 3.63) is 0 Å². The molecular weight excluding hydrogens is 171 g/mol. The molecule has 2 atom stereocenters. The van der Waals surface area contributed by atoms with E-state index in [9.17, 15) is 18.0 Å². The second-order valence-corrected chi connectivity index (χ2v) is 2.97. The third-order valence-corrected chi connectivity index (χ3v) is 2.08. The first kappa shape index (κ1) is 9.51. The van der Waals surface area contributed by atoms with Crippen LogP contribution in [0.15, 0.2) is 0 Å². The maximum atomic E-state index is 12.0. The second-order valence-electron chi connectivity index (χ2n) is 2.97. The van der Waals surface area contributed by atoms with Gasteiger partial charge in [-0.25, -0.2) is 0 Å². The first-order valence-electron chi connectivity index (χ1n) is 3.79. The van der Waals surface area contributed by atoms with Crippen LogP contribution in [0.1, 0.15) is 12.8 Å². The average Bonchev–Trinajstić information content (AvgIpc) is 2.03. The fraction of sp³-hybridized carbons (Fsp3) is 0.857. The molecule has 0 radical (unpaired) electrons. The second kappa shape index (κ2) is 3.43. The summed E-state index contributed by atoms with van der Waals surface area (Å²) in [7, 11) is 0. The molecule has 1 rings (SSSR count). The van der Waals surface area contributed by atoms with Crippen molar-refractivity contribution in [1.82, 2.24) is 5.32 Å². The molecule has 1 fully saturated rings. The van der Waals surface area contributed by atoms with Gasteiger partial charge in [0.2, 0.25) is 0 Å². The predicted octanol–water partition coefficient (Wildman–Crippen LogP) is 1.12. The van der Waals surface area contributed by atoms with Crippen LogP contribution in [0.25, 0.3) is 0 Å². The van der Waals surface area contributed by atoms with Crippen LogP contribution in [0.5, 0.6) is 0 Å². The van der Waals surface area contributed by atoms with Gasteiger partial charge in [0.25, 0.3) is 0 Å². The highest BCUT2D eigenvalue weighted by molar-refractivity contribution is 5.57. The minimum Gasteiger partial charge on any atom is -0.307 e. The molecule has 0 aliphatic carbocycles. The largest absolute Gasteiger partial charge is 0.393 e. The van der Waals surface area contributed by atoms with E-state index in [1.165, 1.54) is 0 Å². The van der Waals surface area contributed by atoms with Gasteiger partial charge in [-0.3, -0.25) is 0 Å². The van der Waals surface area contributed by atoms with Gasteiger partial charge in [0.15, 0.2) is 0 Å². The Balaban J connectivity index is 2.41. The highest BCUT2D eigenvalue weighted by atomic mass is 19.4. The molecule has 0 saturated carbocycles. The lowest BCUT2D eigenvalue weighted by atomic mass is 9.95. The van der Waals surface area contributed by atoms with E-state index in [0.29, 0.717) is 6.29 Å². The molecule has 0 amide bonds. The molecule has 70 valence electrons. The standard InChI is InChI=1S/C7H10F3NO/c8-7(9,10)5-1-2-6(4-12)11-3-5/h4-6,11H,1-3H2. The summed E-state index contributed by atoms with van der Waals surface area (Å²) in [5.41, 5.74) is 0. The number of alkyl halides is 3. The topological polar surface area (TPSA) is 29.1 Å². The zero-order chi connectivity index (χ0) is 9.19. The minimum absolute atomic E-state index is 0.0555. The number of carbonyl (C=O) groups is 1. The summed E-state index contributed by atoms with van der Waals surface area (Å²) in [6.45, 7) is -0.132. The van der Waals surface area contributed by atoms with Crippen molar-refractivity contribution < 1.29 is 18.0 Å². The number of halogens is 3. The summed E-state index contributed by atoms with van der Waals surface area (Å²) in [4.78, 5) is 10.2. The zero-order valence-electron chi connectivity index (χ0n) is 6.40. The smallest absolute Gasteiger partial charge is 0.307 e. The summed E-state index contributed by atoms with van der Waals surface area (Å²) >= 11 is 0. The SMILES string of the molecule is O=CC1CCC(C(F)(F)F)CN1. The molecule has 1 N–H and O–H groups in total. The van der Waals surface area contributed by atoms with Gasteiger partial charge in [-0.15, -0.1) is 0 Å². The number of rotatable bonds is 1. The fourth-order valence-corrected chi connectivity index (χ4v) is 1.27. The summed E-state index contributed by atoms with van der Waals surface area (Å²) in [6, 6.07) is -0.386. The third-order valence-electron chi connectivity index (χ3n) is 2.08. The van der Waals surface area contributed by atoms with Gasteiger partial charge >= 0.3 is 6.18 Å². The zero-order valence-corrected chi connectivity index (χ0v) is 6.40. The van der Waals surface area contributed by atoms with Crippen LogP contribution in [0.3, 0.4) is 0 Å². The van der Waals surface area contributed by atoms with E-state index < -0.39 is 12.1 Å². The number of hydrogen-bond acceptors (Lipinski definition) is 2. The van der Waals surface area contributed by atoms with Gasteiger partial charge < -0.3 is 10.1 Å². The lowest BCUT2D eigenvalue weighted by Gasteiger charge is -2.28. The van der Waals surface area contributed by atoms with E-state index in [4.69, 9.17) is 0 Å². The lowest BCUT2D eigenvalue weighted by molar-refractivity contribution is -0.179. The minimum atomic E-state index is -4.12. The molecule has 1 saturated heterocycles. The molecular formula is C7H10F3NO. The van der Waals surface area contributed by atoms with Crippen LogP contribution in [0.2, 0.25) is 0 Å². The van der Waals surface area contributed by atoms with Crippen molar-refractivity contribution in [1.29, 1.82) is 0 Å². The van der Waals surface area contributed by atoms with Crippen LogP contribution >= 0.6 is 0 Å². The maximum absolute atomic E-state index is 12.0. The van der Waals surface area contributed by atoms with E-state index in [1.807, 2.05) is 0 Å². The van der Waals surface area contributed by atoms with Gasteiger partial charge in [0.1, 0.15) is 6.29 Å². The summed E-state index contributed by atoms with van der Waals surface area (Å²) < 4.78 is 36.1. The number of carbonyl (C=O) groups excluding carboxylic acids is 1. The van der Waals surface area contributed by atoms with E-state index in [0.717, 1.165) is 0 Å². The quantitative estimate of drug-likeness (QED) is 0.614. The van der Waals surface area contributed by atoms with Gasteiger partial charge in [-0.05, 0) is 12.8 Å². The number of aldehydes is 1. The van der Waals surface area contributed by atoms with E-state index in [-0.39, 0.29) is 25.4 Å². The first-order chi connectivity index (χ1) is 5.54. The summed E-state index contributed by atoms with van der Waals surface area (Å²) in [6.07, 6.45) is -3.12. The monoisotopic (exact) mass is 181 g/mol. The maximum Gasteiger partial charge on any atom is 0.393 e. The summed E-state index contributed by atoms with van der Waals surface area (Å²) in [5.74, 6) is -1.28. The first-order valence-corrected chi connectivity index (χ1v) is 3.79. The van der Waals surface area contributed by atoms with Gasteiger partial charge in [-0.1, -0.05) is 0 Å². The predicted molar refractivity (Wildman–Crippen MR) is 36.6 cm³/mol. The van der Waals surface area contributed by atoms with Crippen molar-refractivity contribution in [3.8, 4) is 0 Å². The van der Waals surface area contributed by atoms with E-state index >= 15 is 0 Å². The fourth-order valence-electron chi connectivity index (χ4n) is 1.27. The molecule has 2 nitrogen and oxygen atoms in total. The molecule has 1 aliphatic rings. The Kier molecular flexibility index (Phi) is 2.72. The molecule has 1 aliphatic heterocycles. The van der Waals surface area contributed by atoms with Gasteiger partial charge in [-0.2, -0.15) is 13.2 Å². The van der Waals surface area contributed by atoms with Crippen LogP contribution < -0.4 is 5.32 Å². The highest BCUT2D eigenvalue weighted by Gasteiger charge is 2.41. The van der Waals surface area contributed by atoms with Crippen molar-refractivity contribution >= 4 is 6.29 Å². The molecule has 0 aromatic rings. The van der Waals surface area contributed by atoms with Crippen molar-refractivity contribution in [3.63, 3.8) is 0 Å². The molecule has 2 unspecified atom stereocenters. The molecule has 0 aromatic heterocycles. The lowest BCUT2D eigenvalue weighted by Crippen LogP contribution is -2.44. The van der Waals surface area contributed by atoms with Crippen molar-refractivity contribution in [2.45, 2.75) is 25.1 Å². The highest BCUT2D eigenvalue weighted by Crippen LogP contribution is 2.31. The molecule has 12 heavy (non-hydrogen) atoms. The average molecular weight is 181 g/mol. The molecule has 0 aromatic carbocycles. The number of piperidine rings is 1. The van der Waals surface area contributed by atoms with Crippen LogP contribution in [0.4, 0.5) is 13.2 Å². The van der Waals surface area contributed by atoms with Crippen LogP contribution in [0, 0.1) is 5.92 Å². The normalized spacial score (nSPS) is 31.6. The Morgan fingerprint density at radius 3 is 2.33 bits per heavy atom. The van der Waals surface area contributed by atoms with Crippen molar-refractivity contribution in [2.75, 3.05) is 6.54 Å². The van der Waals surface area contributed by atoms with Crippen molar-refractivity contribution in [2.24, 2.45) is 5.92 Å².